The maximum Gasteiger partial charge on any atom is 0.243 e. The number of sulfonamides is 1. The molecule has 17 heavy (non-hydrogen) atoms. The molecule has 1 aromatic rings. The van der Waals surface area contributed by atoms with Gasteiger partial charge in [0.2, 0.25) is 10.0 Å². The van der Waals surface area contributed by atoms with Crippen LogP contribution in [0.15, 0.2) is 29.2 Å². The van der Waals surface area contributed by atoms with Crippen LogP contribution in [-0.4, -0.2) is 32.4 Å². The number of halogens is 1. The van der Waals surface area contributed by atoms with Gasteiger partial charge in [-0.05, 0) is 59.7 Å². The van der Waals surface area contributed by atoms with Crippen LogP contribution in [0.25, 0.3) is 0 Å². The highest BCUT2D eigenvalue weighted by Crippen LogP contribution is 2.24. The molecular weight excluding hydrogens is 351 g/mol. The van der Waals surface area contributed by atoms with Crippen molar-refractivity contribution in [2.75, 3.05) is 19.6 Å². The van der Waals surface area contributed by atoms with Gasteiger partial charge in [0.1, 0.15) is 0 Å². The Kier molecular flexibility index (Phi) is 4.06. The van der Waals surface area contributed by atoms with Crippen molar-refractivity contribution in [3.05, 3.63) is 27.8 Å². The van der Waals surface area contributed by atoms with Crippen LogP contribution in [0.5, 0.6) is 0 Å². The van der Waals surface area contributed by atoms with Crippen LogP contribution in [-0.2, 0) is 10.0 Å². The SMILES string of the molecule is NCC1CCN(S(=O)(=O)c2cccc(I)c2)C1. The second kappa shape index (κ2) is 5.21. The maximum absolute atomic E-state index is 12.3. The van der Waals surface area contributed by atoms with Gasteiger partial charge in [0.25, 0.3) is 0 Å². The zero-order valence-corrected chi connectivity index (χ0v) is 12.3. The quantitative estimate of drug-likeness (QED) is 0.820. The lowest BCUT2D eigenvalue weighted by atomic mass is 10.1. The third-order valence-electron chi connectivity index (χ3n) is 3.02. The Morgan fingerprint density at radius 1 is 1.47 bits per heavy atom. The van der Waals surface area contributed by atoms with Gasteiger partial charge in [0.05, 0.1) is 4.90 Å². The molecule has 1 unspecified atom stereocenters. The average molecular weight is 366 g/mol. The third kappa shape index (κ3) is 2.81. The molecule has 1 saturated heterocycles. The Bertz CT molecular complexity index is 504. The van der Waals surface area contributed by atoms with Crippen molar-refractivity contribution in [1.82, 2.24) is 4.31 Å². The number of benzene rings is 1. The molecule has 0 radical (unpaired) electrons. The van der Waals surface area contributed by atoms with E-state index in [0.717, 1.165) is 9.99 Å². The lowest BCUT2D eigenvalue weighted by molar-refractivity contribution is 0.459. The Morgan fingerprint density at radius 2 is 2.24 bits per heavy atom. The van der Waals surface area contributed by atoms with Crippen molar-refractivity contribution < 1.29 is 8.42 Å². The van der Waals surface area contributed by atoms with Crippen LogP contribution in [0.3, 0.4) is 0 Å². The van der Waals surface area contributed by atoms with E-state index in [4.69, 9.17) is 5.73 Å². The minimum Gasteiger partial charge on any atom is -0.330 e. The van der Waals surface area contributed by atoms with Gasteiger partial charge < -0.3 is 5.73 Å². The van der Waals surface area contributed by atoms with Gasteiger partial charge in [-0.25, -0.2) is 8.42 Å². The lowest BCUT2D eigenvalue weighted by Crippen LogP contribution is -2.30. The van der Waals surface area contributed by atoms with Crippen LogP contribution >= 0.6 is 22.6 Å². The van der Waals surface area contributed by atoms with Gasteiger partial charge in [-0.15, -0.1) is 0 Å². The summed E-state index contributed by atoms with van der Waals surface area (Å²) in [6.45, 7) is 1.68. The van der Waals surface area contributed by atoms with Gasteiger partial charge in [-0.3, -0.25) is 0 Å². The number of nitrogens with zero attached hydrogens (tertiary/aromatic N) is 1. The molecule has 0 aromatic heterocycles. The van der Waals surface area contributed by atoms with Crippen LogP contribution < -0.4 is 5.73 Å². The zero-order valence-electron chi connectivity index (χ0n) is 9.34. The van der Waals surface area contributed by atoms with Crippen LogP contribution in [0.2, 0.25) is 0 Å². The molecule has 1 aliphatic heterocycles. The van der Waals surface area contributed by atoms with Gasteiger partial charge in [-0.1, -0.05) is 6.07 Å². The predicted molar refractivity (Wildman–Crippen MR) is 75.1 cm³/mol. The Hall–Kier alpha value is -0.180. The molecule has 0 saturated carbocycles. The fourth-order valence-electron chi connectivity index (χ4n) is 1.98. The summed E-state index contributed by atoms with van der Waals surface area (Å²) in [4.78, 5) is 0.377. The fourth-order valence-corrected chi connectivity index (χ4v) is 4.32. The summed E-state index contributed by atoms with van der Waals surface area (Å²) >= 11 is 2.12. The number of rotatable bonds is 3. The highest BCUT2D eigenvalue weighted by Gasteiger charge is 2.31. The summed E-state index contributed by atoms with van der Waals surface area (Å²) in [5, 5.41) is 0. The van der Waals surface area contributed by atoms with E-state index >= 15 is 0 Å². The van der Waals surface area contributed by atoms with Gasteiger partial charge >= 0.3 is 0 Å². The third-order valence-corrected chi connectivity index (χ3v) is 5.55. The molecular formula is C11H15IN2O2S. The van der Waals surface area contributed by atoms with E-state index in [1.165, 1.54) is 4.31 Å². The molecule has 1 heterocycles. The standard InChI is InChI=1S/C11H15IN2O2S/c12-10-2-1-3-11(6-10)17(15,16)14-5-4-9(7-13)8-14/h1-3,6,9H,4-5,7-8,13H2. The second-order valence-corrected chi connectivity index (χ2v) is 7.39. The molecule has 1 aromatic carbocycles. The Morgan fingerprint density at radius 3 is 2.82 bits per heavy atom. The van der Waals surface area contributed by atoms with Crippen LogP contribution in [0.1, 0.15) is 6.42 Å². The molecule has 2 rings (SSSR count). The second-order valence-electron chi connectivity index (χ2n) is 4.21. The van der Waals surface area contributed by atoms with E-state index in [-0.39, 0.29) is 0 Å². The first kappa shape index (κ1) is 13.3. The molecule has 0 bridgehead atoms. The van der Waals surface area contributed by atoms with E-state index in [1.807, 2.05) is 6.07 Å². The van der Waals surface area contributed by atoms with Gasteiger partial charge in [-0.2, -0.15) is 4.31 Å². The normalized spacial score (nSPS) is 21.9. The molecule has 1 fully saturated rings. The topological polar surface area (TPSA) is 63.4 Å². The van der Waals surface area contributed by atoms with Crippen molar-refractivity contribution in [3.8, 4) is 0 Å². The maximum atomic E-state index is 12.3. The van der Waals surface area contributed by atoms with Gasteiger partial charge in [0, 0.05) is 16.7 Å². The number of hydrogen-bond acceptors (Lipinski definition) is 3. The highest BCUT2D eigenvalue weighted by atomic mass is 127. The van der Waals surface area contributed by atoms with Crippen molar-refractivity contribution in [3.63, 3.8) is 0 Å². The molecule has 1 aliphatic rings. The van der Waals surface area contributed by atoms with E-state index in [2.05, 4.69) is 22.6 Å². The summed E-state index contributed by atoms with van der Waals surface area (Å²) < 4.78 is 27.1. The lowest BCUT2D eigenvalue weighted by Gasteiger charge is -2.16. The molecule has 0 spiro atoms. The average Bonchev–Trinajstić information content (AvgIpc) is 2.78. The van der Waals surface area contributed by atoms with Crippen molar-refractivity contribution in [2.45, 2.75) is 11.3 Å². The summed E-state index contributed by atoms with van der Waals surface area (Å²) in [7, 11) is -3.33. The number of nitrogens with two attached hydrogens (primary N) is 1. The van der Waals surface area contributed by atoms with E-state index in [1.54, 1.807) is 18.2 Å². The van der Waals surface area contributed by atoms with Crippen LogP contribution in [0, 0.1) is 9.49 Å². The fraction of sp³-hybridized carbons (Fsp3) is 0.455. The van der Waals surface area contributed by atoms with E-state index in [9.17, 15) is 8.42 Å². The smallest absolute Gasteiger partial charge is 0.243 e. The highest BCUT2D eigenvalue weighted by molar-refractivity contribution is 14.1. The largest absolute Gasteiger partial charge is 0.330 e. The molecule has 2 N–H and O–H groups in total. The number of hydrogen-bond donors (Lipinski definition) is 1. The summed E-state index contributed by atoms with van der Waals surface area (Å²) in [6, 6.07) is 7.00. The molecule has 6 heteroatoms. The van der Waals surface area contributed by atoms with E-state index in [0.29, 0.717) is 30.4 Å². The Balaban J connectivity index is 2.25. The van der Waals surface area contributed by atoms with Crippen molar-refractivity contribution in [1.29, 1.82) is 0 Å². The Labute approximate surface area is 115 Å². The van der Waals surface area contributed by atoms with Gasteiger partial charge in [0.15, 0.2) is 0 Å². The predicted octanol–water partition coefficient (Wildman–Crippen LogP) is 1.26. The van der Waals surface area contributed by atoms with Crippen LogP contribution in [0.4, 0.5) is 0 Å². The molecule has 4 nitrogen and oxygen atoms in total. The zero-order chi connectivity index (χ0) is 12.5. The molecule has 94 valence electrons. The molecule has 1 atom stereocenters. The van der Waals surface area contributed by atoms with Crippen molar-refractivity contribution >= 4 is 32.6 Å². The summed E-state index contributed by atoms with van der Waals surface area (Å²) in [5.41, 5.74) is 5.58. The molecule has 0 amide bonds. The minimum atomic E-state index is -3.33. The summed E-state index contributed by atoms with van der Waals surface area (Å²) in [5.74, 6) is 0.299. The van der Waals surface area contributed by atoms with Crippen molar-refractivity contribution in [2.24, 2.45) is 11.7 Å². The monoisotopic (exact) mass is 366 g/mol. The first-order chi connectivity index (χ1) is 8.04. The first-order valence-corrected chi connectivity index (χ1v) is 8.01. The molecule has 0 aliphatic carbocycles. The minimum absolute atomic E-state index is 0.299. The first-order valence-electron chi connectivity index (χ1n) is 5.50. The van der Waals surface area contributed by atoms with E-state index < -0.39 is 10.0 Å². The summed E-state index contributed by atoms with van der Waals surface area (Å²) in [6.07, 6.45) is 0.861.